The van der Waals surface area contributed by atoms with Gasteiger partial charge in [-0.1, -0.05) is 19.1 Å². The van der Waals surface area contributed by atoms with Gasteiger partial charge in [0.1, 0.15) is 5.82 Å². The molecule has 0 spiro atoms. The maximum atomic E-state index is 6.23. The minimum atomic E-state index is 0.0700. The van der Waals surface area contributed by atoms with Crippen LogP contribution in [0.25, 0.3) is 22.2 Å². The van der Waals surface area contributed by atoms with Gasteiger partial charge in [-0.15, -0.1) is 0 Å². The summed E-state index contributed by atoms with van der Waals surface area (Å²) in [6.07, 6.45) is 5.30. The van der Waals surface area contributed by atoms with E-state index < -0.39 is 0 Å². The van der Waals surface area contributed by atoms with Gasteiger partial charge in [-0.05, 0) is 35.4 Å². The average Bonchev–Trinajstić information content (AvgIpc) is 3.17. The van der Waals surface area contributed by atoms with Crippen molar-refractivity contribution >= 4 is 22.4 Å². The highest BCUT2D eigenvalue weighted by molar-refractivity contribution is 5.80. The molecule has 3 aromatic heterocycles. The van der Waals surface area contributed by atoms with E-state index in [1.807, 2.05) is 18.2 Å². The maximum absolute atomic E-state index is 6.23. The molecule has 1 aromatic carbocycles. The molecule has 0 aliphatic rings. The van der Waals surface area contributed by atoms with Crippen LogP contribution < -0.4 is 11.5 Å². The van der Waals surface area contributed by atoms with Crippen molar-refractivity contribution in [3.63, 3.8) is 0 Å². The second-order valence-corrected chi connectivity index (χ2v) is 6.06. The summed E-state index contributed by atoms with van der Waals surface area (Å²) < 4.78 is 0. The minimum Gasteiger partial charge on any atom is -0.396 e. The van der Waals surface area contributed by atoms with E-state index in [-0.39, 0.29) is 5.92 Å². The van der Waals surface area contributed by atoms with Crippen molar-refractivity contribution in [3.8, 4) is 11.3 Å². The number of fused-ring (bicyclic) bond motifs is 1. The lowest BCUT2D eigenvalue weighted by atomic mass is 9.90. The van der Waals surface area contributed by atoms with Gasteiger partial charge in [0.2, 0.25) is 0 Å². The molecule has 6 nitrogen and oxygen atoms in total. The molecule has 4 rings (SSSR count). The van der Waals surface area contributed by atoms with Crippen LogP contribution in [0.4, 0.5) is 11.5 Å². The van der Waals surface area contributed by atoms with Crippen LogP contribution in [0.5, 0.6) is 0 Å². The highest BCUT2D eigenvalue weighted by Gasteiger charge is 2.17. The molecule has 0 saturated heterocycles. The van der Waals surface area contributed by atoms with Crippen molar-refractivity contribution in [2.45, 2.75) is 12.8 Å². The van der Waals surface area contributed by atoms with Crippen molar-refractivity contribution in [1.29, 1.82) is 0 Å². The molecule has 1 atom stereocenters. The zero-order chi connectivity index (χ0) is 17.4. The van der Waals surface area contributed by atoms with Crippen LogP contribution in [0, 0.1) is 0 Å². The Bertz CT molecular complexity index is 1040. The molecule has 3 heterocycles. The number of H-pyrrole nitrogens is 1. The van der Waals surface area contributed by atoms with Crippen LogP contribution in [0.1, 0.15) is 24.0 Å². The van der Waals surface area contributed by atoms with Gasteiger partial charge in [0, 0.05) is 29.3 Å². The summed E-state index contributed by atoms with van der Waals surface area (Å²) in [6, 6.07) is 12.2. The number of aromatic amines is 1. The van der Waals surface area contributed by atoms with Crippen molar-refractivity contribution in [1.82, 2.24) is 20.2 Å². The normalized spacial score (nSPS) is 12.4. The van der Waals surface area contributed by atoms with Crippen molar-refractivity contribution in [2.24, 2.45) is 0 Å². The molecule has 4 aromatic rings. The van der Waals surface area contributed by atoms with E-state index in [0.717, 1.165) is 33.3 Å². The standard InChI is InChI=1S/C19H18N6/c1-11(12-4-5-16-13(7-12)3-2-6-22-16)15-8-17(14-9-23-24-10-14)25-19(21)18(15)20/h2-11H,20H2,1H3,(H2,21,25)(H,23,24). The summed E-state index contributed by atoms with van der Waals surface area (Å²) in [6.45, 7) is 2.11. The molecule has 25 heavy (non-hydrogen) atoms. The average molecular weight is 330 g/mol. The summed E-state index contributed by atoms with van der Waals surface area (Å²) in [4.78, 5) is 8.75. The number of nitrogen functional groups attached to an aromatic ring is 2. The third-order valence-electron chi connectivity index (χ3n) is 4.51. The van der Waals surface area contributed by atoms with Crippen LogP contribution in [0.3, 0.4) is 0 Å². The molecular weight excluding hydrogens is 312 g/mol. The second kappa shape index (κ2) is 5.90. The quantitative estimate of drug-likeness (QED) is 0.534. The summed E-state index contributed by atoms with van der Waals surface area (Å²) in [5.74, 6) is 0.406. The smallest absolute Gasteiger partial charge is 0.147 e. The molecule has 1 unspecified atom stereocenters. The lowest BCUT2D eigenvalue weighted by molar-refractivity contribution is 0.925. The molecule has 0 aliphatic heterocycles. The Morgan fingerprint density at radius 1 is 1.12 bits per heavy atom. The number of hydrogen-bond acceptors (Lipinski definition) is 5. The number of hydrogen-bond donors (Lipinski definition) is 3. The molecule has 124 valence electrons. The fourth-order valence-corrected chi connectivity index (χ4v) is 3.04. The topological polar surface area (TPSA) is 106 Å². The Morgan fingerprint density at radius 3 is 2.80 bits per heavy atom. The first-order valence-electron chi connectivity index (χ1n) is 8.03. The van der Waals surface area contributed by atoms with Crippen molar-refractivity contribution in [3.05, 3.63) is 66.1 Å². The van der Waals surface area contributed by atoms with Gasteiger partial charge in [0.15, 0.2) is 0 Å². The number of nitrogens with zero attached hydrogens (tertiary/aromatic N) is 3. The Labute approximate surface area is 144 Å². The van der Waals surface area contributed by atoms with Crippen LogP contribution in [-0.4, -0.2) is 20.2 Å². The first-order valence-corrected chi connectivity index (χ1v) is 8.03. The van der Waals surface area contributed by atoms with Crippen LogP contribution >= 0.6 is 0 Å². The molecule has 0 bridgehead atoms. The van der Waals surface area contributed by atoms with E-state index in [1.165, 1.54) is 0 Å². The Balaban J connectivity index is 1.81. The minimum absolute atomic E-state index is 0.0700. The van der Waals surface area contributed by atoms with Crippen LogP contribution in [-0.2, 0) is 0 Å². The third kappa shape index (κ3) is 2.67. The van der Waals surface area contributed by atoms with Gasteiger partial charge in [-0.25, -0.2) is 4.98 Å². The largest absolute Gasteiger partial charge is 0.396 e. The Morgan fingerprint density at radius 2 is 2.00 bits per heavy atom. The number of benzene rings is 1. The van der Waals surface area contributed by atoms with Gasteiger partial charge >= 0.3 is 0 Å². The number of aromatic nitrogens is 4. The highest BCUT2D eigenvalue weighted by atomic mass is 15.1. The third-order valence-corrected chi connectivity index (χ3v) is 4.51. The van der Waals surface area contributed by atoms with Gasteiger partial charge in [0.05, 0.1) is 23.1 Å². The second-order valence-electron chi connectivity index (χ2n) is 6.06. The number of pyridine rings is 2. The van der Waals surface area contributed by atoms with E-state index in [1.54, 1.807) is 18.6 Å². The number of anilines is 2. The molecule has 0 radical (unpaired) electrons. The van der Waals surface area contributed by atoms with E-state index in [9.17, 15) is 0 Å². The molecule has 5 N–H and O–H groups in total. The number of rotatable bonds is 3. The van der Waals surface area contributed by atoms with Crippen molar-refractivity contribution in [2.75, 3.05) is 11.5 Å². The number of nitrogens with two attached hydrogens (primary N) is 2. The van der Waals surface area contributed by atoms with Gasteiger partial charge < -0.3 is 11.5 Å². The highest BCUT2D eigenvalue weighted by Crippen LogP contribution is 2.34. The predicted molar refractivity (Wildman–Crippen MR) is 99.9 cm³/mol. The lowest BCUT2D eigenvalue weighted by Crippen LogP contribution is -2.07. The molecule has 0 amide bonds. The maximum Gasteiger partial charge on any atom is 0.147 e. The molecular formula is C19H18N6. The zero-order valence-electron chi connectivity index (χ0n) is 13.8. The van der Waals surface area contributed by atoms with E-state index >= 15 is 0 Å². The van der Waals surface area contributed by atoms with E-state index in [4.69, 9.17) is 11.5 Å². The first-order chi connectivity index (χ1) is 12.1. The number of nitrogens with one attached hydrogen (secondary N) is 1. The Hall–Kier alpha value is -3.41. The van der Waals surface area contributed by atoms with Crippen LogP contribution in [0.2, 0.25) is 0 Å². The SMILES string of the molecule is CC(c1ccc2ncccc2c1)c1cc(-c2cn[nH]c2)nc(N)c1N. The fourth-order valence-electron chi connectivity index (χ4n) is 3.04. The van der Waals surface area contributed by atoms with E-state index in [0.29, 0.717) is 11.5 Å². The van der Waals surface area contributed by atoms with Crippen molar-refractivity contribution < 1.29 is 0 Å². The predicted octanol–water partition coefficient (Wildman–Crippen LogP) is 3.34. The summed E-state index contributed by atoms with van der Waals surface area (Å²) in [5, 5.41) is 7.87. The van der Waals surface area contributed by atoms with Crippen LogP contribution in [0.15, 0.2) is 55.0 Å². The Kier molecular flexibility index (Phi) is 3.57. The molecule has 6 heteroatoms. The fraction of sp³-hybridized carbons (Fsp3) is 0.105. The summed E-state index contributed by atoms with van der Waals surface area (Å²) >= 11 is 0. The molecule has 0 saturated carbocycles. The summed E-state index contributed by atoms with van der Waals surface area (Å²) in [7, 11) is 0. The van der Waals surface area contributed by atoms with Gasteiger partial charge in [-0.3, -0.25) is 10.1 Å². The molecule has 0 fully saturated rings. The molecule has 0 aliphatic carbocycles. The van der Waals surface area contributed by atoms with E-state index in [2.05, 4.69) is 45.3 Å². The first kappa shape index (κ1) is 15.1. The van der Waals surface area contributed by atoms with Gasteiger partial charge in [0.25, 0.3) is 0 Å². The van der Waals surface area contributed by atoms with Gasteiger partial charge in [-0.2, -0.15) is 5.10 Å². The summed E-state index contributed by atoms with van der Waals surface area (Å²) in [5.41, 5.74) is 17.5. The monoisotopic (exact) mass is 330 g/mol. The lowest BCUT2D eigenvalue weighted by Gasteiger charge is -2.17. The zero-order valence-corrected chi connectivity index (χ0v) is 13.8.